The molecule has 0 N–H and O–H groups in total. The molecule has 2 aliphatic rings. The molecule has 146 valence electrons. The number of hydrogen-bond acceptors (Lipinski definition) is 4. The van der Waals surface area contributed by atoms with Gasteiger partial charge >= 0.3 is 0 Å². The molecule has 4 rings (SSSR count). The minimum atomic E-state index is -0.149. The Morgan fingerprint density at radius 2 is 1.82 bits per heavy atom. The number of ketones is 1. The third-order valence-corrected chi connectivity index (χ3v) is 5.46. The maximum Gasteiger partial charge on any atom is 0.207 e. The third-order valence-electron chi connectivity index (χ3n) is 5.46. The molecule has 1 aliphatic carbocycles. The van der Waals surface area contributed by atoms with Gasteiger partial charge in [0.1, 0.15) is 18.1 Å². The highest BCUT2D eigenvalue weighted by Crippen LogP contribution is 2.35. The van der Waals surface area contributed by atoms with Crippen molar-refractivity contribution in [1.29, 1.82) is 0 Å². The Balaban J connectivity index is 1.35. The molecule has 0 saturated heterocycles. The molecule has 0 aromatic heterocycles. The van der Waals surface area contributed by atoms with Gasteiger partial charge in [-0.05, 0) is 49.9 Å². The fraction of sp³-hybridized carbons (Fsp3) is 0.375. The zero-order valence-electron chi connectivity index (χ0n) is 16.4. The third kappa shape index (κ3) is 4.28. The normalized spacial score (nSPS) is 24.1. The van der Waals surface area contributed by atoms with Crippen molar-refractivity contribution in [3.05, 3.63) is 77.2 Å². The van der Waals surface area contributed by atoms with Crippen LogP contribution in [0.4, 0.5) is 0 Å². The van der Waals surface area contributed by atoms with E-state index < -0.39 is 0 Å². The fourth-order valence-corrected chi connectivity index (χ4v) is 3.98. The summed E-state index contributed by atoms with van der Waals surface area (Å²) in [5.74, 6) is 0.848. The molecule has 28 heavy (non-hydrogen) atoms. The van der Waals surface area contributed by atoms with Crippen molar-refractivity contribution >= 4 is 5.78 Å². The Labute approximate surface area is 166 Å². The summed E-state index contributed by atoms with van der Waals surface area (Å²) in [5, 5.41) is 0. The number of benzene rings is 2. The molecule has 1 heterocycles. The van der Waals surface area contributed by atoms with Crippen LogP contribution >= 0.6 is 0 Å². The Kier molecular flexibility index (Phi) is 5.49. The second-order valence-corrected chi connectivity index (χ2v) is 7.78. The molecular formula is C24H26O4. The molecule has 4 heteroatoms. The highest BCUT2D eigenvalue weighted by molar-refractivity contribution is 5.96. The molecule has 0 amide bonds. The summed E-state index contributed by atoms with van der Waals surface area (Å²) >= 11 is 0. The van der Waals surface area contributed by atoms with E-state index in [4.69, 9.17) is 14.2 Å². The van der Waals surface area contributed by atoms with Crippen LogP contribution in [0.5, 0.6) is 5.75 Å². The highest BCUT2D eigenvalue weighted by Gasteiger charge is 2.41. The summed E-state index contributed by atoms with van der Waals surface area (Å²) in [5.41, 5.74) is 3.50. The molecule has 0 spiro atoms. The van der Waals surface area contributed by atoms with Gasteiger partial charge in [0.15, 0.2) is 0 Å². The lowest BCUT2D eigenvalue weighted by Crippen LogP contribution is -2.42. The maximum absolute atomic E-state index is 12.9. The predicted molar refractivity (Wildman–Crippen MR) is 107 cm³/mol. The van der Waals surface area contributed by atoms with E-state index in [0.29, 0.717) is 18.1 Å². The fourth-order valence-electron chi connectivity index (χ4n) is 3.98. The van der Waals surface area contributed by atoms with Gasteiger partial charge in [-0.3, -0.25) is 4.79 Å². The summed E-state index contributed by atoms with van der Waals surface area (Å²) in [6.45, 7) is 4.67. The number of carbonyl (C=O) groups excluding carboxylic acids is 1. The van der Waals surface area contributed by atoms with Crippen LogP contribution < -0.4 is 4.74 Å². The molecular weight excluding hydrogens is 352 g/mol. The topological polar surface area (TPSA) is 44.8 Å². The summed E-state index contributed by atoms with van der Waals surface area (Å²) in [7, 11) is 0. The minimum Gasteiger partial charge on any atom is -0.493 e. The Bertz CT molecular complexity index is 886. The first-order chi connectivity index (χ1) is 13.6. The minimum absolute atomic E-state index is 0.0369. The second-order valence-electron chi connectivity index (χ2n) is 7.78. The maximum atomic E-state index is 12.9. The monoisotopic (exact) mass is 378 g/mol. The van der Waals surface area contributed by atoms with Crippen LogP contribution in [0, 0.1) is 19.8 Å². The number of ether oxygens (including phenoxy) is 3. The first-order valence-corrected chi connectivity index (χ1v) is 9.90. The molecule has 3 unspecified atom stereocenters. The zero-order chi connectivity index (χ0) is 19.5. The predicted octanol–water partition coefficient (Wildman–Crippen LogP) is 4.88. The Morgan fingerprint density at radius 1 is 1.04 bits per heavy atom. The van der Waals surface area contributed by atoms with Crippen molar-refractivity contribution in [1.82, 2.24) is 0 Å². The lowest BCUT2D eigenvalue weighted by atomic mass is 9.80. The number of aryl methyl sites for hydroxylation is 2. The van der Waals surface area contributed by atoms with Crippen LogP contribution in [0.15, 0.2) is 60.6 Å². The van der Waals surface area contributed by atoms with Crippen molar-refractivity contribution in [3.8, 4) is 5.75 Å². The van der Waals surface area contributed by atoms with E-state index in [2.05, 4.69) is 25.1 Å². The van der Waals surface area contributed by atoms with Gasteiger partial charge in [-0.2, -0.15) is 0 Å². The summed E-state index contributed by atoms with van der Waals surface area (Å²) in [4.78, 5) is 12.9. The van der Waals surface area contributed by atoms with Crippen molar-refractivity contribution in [2.24, 2.45) is 5.92 Å². The van der Waals surface area contributed by atoms with Crippen LogP contribution in [0.1, 0.15) is 36.0 Å². The number of carbonyl (C=O) groups is 1. The van der Waals surface area contributed by atoms with E-state index in [0.717, 1.165) is 24.8 Å². The molecule has 0 radical (unpaired) electrons. The van der Waals surface area contributed by atoms with Crippen molar-refractivity contribution < 1.29 is 19.0 Å². The van der Waals surface area contributed by atoms with Crippen LogP contribution in [0.25, 0.3) is 0 Å². The van der Waals surface area contributed by atoms with Gasteiger partial charge in [-0.1, -0.05) is 42.0 Å². The summed E-state index contributed by atoms with van der Waals surface area (Å²) < 4.78 is 17.8. The zero-order valence-corrected chi connectivity index (χ0v) is 16.4. The van der Waals surface area contributed by atoms with Crippen molar-refractivity contribution in [3.63, 3.8) is 0 Å². The van der Waals surface area contributed by atoms with Crippen molar-refractivity contribution in [2.45, 2.75) is 51.9 Å². The number of fused-ring (bicyclic) bond motifs is 1. The SMILES string of the molecule is Cc1cccc(COC2CCC3C(=O)C(Oc4cccc(C)c4)=COC3C2)c1. The number of allylic oxidation sites excluding steroid dienone is 1. The van der Waals surface area contributed by atoms with Crippen LogP contribution in [-0.2, 0) is 20.9 Å². The average molecular weight is 378 g/mol. The standard InChI is InChI=1S/C24H26O4/c1-16-5-3-7-18(11-16)14-26-19-9-10-21-22(13-19)27-15-23(24(21)25)28-20-8-4-6-17(2)12-20/h3-8,11-12,15,19,21-22H,9-10,13-14H2,1-2H3. The average Bonchev–Trinajstić information content (AvgIpc) is 2.69. The molecule has 4 nitrogen and oxygen atoms in total. The van der Waals surface area contributed by atoms with E-state index in [1.54, 1.807) is 0 Å². The number of Topliss-reactive ketones (excluding diaryl/α,β-unsaturated/α-hetero) is 1. The summed E-state index contributed by atoms with van der Waals surface area (Å²) in [6, 6.07) is 16.0. The van der Waals surface area contributed by atoms with Gasteiger partial charge < -0.3 is 14.2 Å². The Morgan fingerprint density at radius 3 is 2.61 bits per heavy atom. The van der Waals surface area contributed by atoms with Gasteiger partial charge in [-0.15, -0.1) is 0 Å². The van der Waals surface area contributed by atoms with Crippen LogP contribution in [0.3, 0.4) is 0 Å². The van der Waals surface area contributed by atoms with E-state index in [9.17, 15) is 4.79 Å². The molecule has 1 saturated carbocycles. The first-order valence-electron chi connectivity index (χ1n) is 9.90. The van der Waals surface area contributed by atoms with Gasteiger partial charge in [0.05, 0.1) is 18.6 Å². The summed E-state index contributed by atoms with van der Waals surface area (Å²) in [6.07, 6.45) is 3.82. The highest BCUT2D eigenvalue weighted by atomic mass is 16.5. The molecule has 3 atom stereocenters. The molecule has 2 aromatic carbocycles. The van der Waals surface area contributed by atoms with E-state index in [1.165, 1.54) is 17.4 Å². The lowest BCUT2D eigenvalue weighted by Gasteiger charge is -2.37. The second kappa shape index (κ2) is 8.19. The van der Waals surface area contributed by atoms with Crippen molar-refractivity contribution in [2.75, 3.05) is 0 Å². The van der Waals surface area contributed by atoms with Gasteiger partial charge in [0.25, 0.3) is 0 Å². The molecule has 0 bridgehead atoms. The van der Waals surface area contributed by atoms with E-state index in [-0.39, 0.29) is 23.9 Å². The molecule has 2 aromatic rings. The van der Waals surface area contributed by atoms with Gasteiger partial charge in [0.2, 0.25) is 11.5 Å². The smallest absolute Gasteiger partial charge is 0.207 e. The van der Waals surface area contributed by atoms with E-state index in [1.807, 2.05) is 37.3 Å². The van der Waals surface area contributed by atoms with E-state index >= 15 is 0 Å². The molecule has 1 fully saturated rings. The Hall–Kier alpha value is -2.59. The number of hydrogen-bond donors (Lipinski definition) is 0. The van der Waals surface area contributed by atoms with Crippen LogP contribution in [-0.4, -0.2) is 18.0 Å². The first kappa shape index (κ1) is 18.8. The molecule has 1 aliphatic heterocycles. The largest absolute Gasteiger partial charge is 0.493 e. The lowest BCUT2D eigenvalue weighted by molar-refractivity contribution is -0.134. The van der Waals surface area contributed by atoms with Crippen LogP contribution in [0.2, 0.25) is 0 Å². The quantitative estimate of drug-likeness (QED) is 0.744. The van der Waals surface area contributed by atoms with Gasteiger partial charge in [-0.25, -0.2) is 0 Å². The number of rotatable bonds is 5. The van der Waals surface area contributed by atoms with Gasteiger partial charge in [0, 0.05) is 6.42 Å².